The van der Waals surface area contributed by atoms with E-state index in [0.29, 0.717) is 0 Å². The molecule has 1 aromatic rings. The Bertz CT molecular complexity index is 332. The van der Waals surface area contributed by atoms with Crippen molar-refractivity contribution in [3.05, 3.63) is 18.3 Å². The Morgan fingerprint density at radius 2 is 2.25 bits per heavy atom. The maximum atomic E-state index is 5.82. The molecule has 88 valence electrons. The summed E-state index contributed by atoms with van der Waals surface area (Å²) in [4.78, 5) is 6.61. The van der Waals surface area contributed by atoms with Crippen molar-refractivity contribution < 1.29 is 0 Å². The lowest BCUT2D eigenvalue weighted by molar-refractivity contribution is 0.226. The summed E-state index contributed by atoms with van der Waals surface area (Å²) in [7, 11) is 2.18. The average molecular weight is 220 g/mol. The van der Waals surface area contributed by atoms with Crippen LogP contribution in [0.2, 0.25) is 0 Å². The largest absolute Gasteiger partial charge is 0.396 e. The molecule has 1 aliphatic rings. The van der Waals surface area contributed by atoms with Crippen molar-refractivity contribution in [1.82, 2.24) is 9.88 Å². The molecule has 4 nitrogen and oxygen atoms in total. The summed E-state index contributed by atoms with van der Waals surface area (Å²) >= 11 is 0. The summed E-state index contributed by atoms with van der Waals surface area (Å²) < 4.78 is 0. The fourth-order valence-corrected chi connectivity index (χ4v) is 2.07. The average Bonchev–Trinajstić information content (AvgIpc) is 2.30. The second-order valence-electron chi connectivity index (χ2n) is 4.57. The van der Waals surface area contributed by atoms with Crippen LogP contribution >= 0.6 is 0 Å². The lowest BCUT2D eigenvalue weighted by Gasteiger charge is -2.29. The van der Waals surface area contributed by atoms with E-state index in [0.717, 1.165) is 24.0 Å². The van der Waals surface area contributed by atoms with Gasteiger partial charge in [-0.2, -0.15) is 0 Å². The van der Waals surface area contributed by atoms with Crippen molar-refractivity contribution in [1.29, 1.82) is 0 Å². The van der Waals surface area contributed by atoms with E-state index in [1.807, 2.05) is 12.1 Å². The van der Waals surface area contributed by atoms with E-state index >= 15 is 0 Å². The number of nitrogens with two attached hydrogens (primary N) is 1. The molecular formula is C12H20N4. The van der Waals surface area contributed by atoms with Crippen LogP contribution in [0.25, 0.3) is 0 Å². The standard InChI is InChI=1S/C12H20N4/c1-16-7-4-10(5-8-16)9-15-12-11(13)3-2-6-14-12/h2-3,6,10H,4-5,7-9,13H2,1H3,(H,14,15). The molecule has 1 fully saturated rings. The summed E-state index contributed by atoms with van der Waals surface area (Å²) in [6.07, 6.45) is 4.29. The molecule has 0 atom stereocenters. The number of aromatic nitrogens is 1. The molecule has 0 aliphatic carbocycles. The molecule has 0 unspecified atom stereocenters. The topological polar surface area (TPSA) is 54.2 Å². The number of piperidine rings is 1. The summed E-state index contributed by atoms with van der Waals surface area (Å²) in [5.41, 5.74) is 6.56. The van der Waals surface area contributed by atoms with Crippen LogP contribution in [-0.4, -0.2) is 36.6 Å². The van der Waals surface area contributed by atoms with Gasteiger partial charge in [-0.3, -0.25) is 0 Å². The summed E-state index contributed by atoms with van der Waals surface area (Å²) in [5.74, 6) is 1.57. The highest BCUT2D eigenvalue weighted by Crippen LogP contribution is 2.18. The Balaban J connectivity index is 1.81. The predicted molar refractivity (Wildman–Crippen MR) is 67.4 cm³/mol. The first kappa shape index (κ1) is 11.2. The van der Waals surface area contributed by atoms with Crippen molar-refractivity contribution in [2.75, 3.05) is 37.7 Å². The van der Waals surface area contributed by atoms with Crippen LogP contribution in [0.4, 0.5) is 11.5 Å². The van der Waals surface area contributed by atoms with Crippen molar-refractivity contribution in [3.8, 4) is 0 Å². The monoisotopic (exact) mass is 220 g/mol. The number of pyridine rings is 1. The predicted octanol–water partition coefficient (Wildman–Crippen LogP) is 1.42. The minimum atomic E-state index is 0.732. The van der Waals surface area contributed by atoms with Gasteiger partial charge in [-0.15, -0.1) is 0 Å². The van der Waals surface area contributed by atoms with Crippen LogP contribution in [0.3, 0.4) is 0 Å². The van der Waals surface area contributed by atoms with Crippen molar-refractivity contribution >= 4 is 11.5 Å². The van der Waals surface area contributed by atoms with Gasteiger partial charge in [-0.1, -0.05) is 0 Å². The molecule has 2 heterocycles. The van der Waals surface area contributed by atoms with Crippen LogP contribution in [-0.2, 0) is 0 Å². The van der Waals surface area contributed by atoms with Gasteiger partial charge in [-0.05, 0) is 51.0 Å². The van der Waals surface area contributed by atoms with Gasteiger partial charge in [-0.25, -0.2) is 4.98 Å². The third kappa shape index (κ3) is 2.85. The Hall–Kier alpha value is -1.29. The number of hydrogen-bond acceptors (Lipinski definition) is 4. The van der Waals surface area contributed by atoms with E-state index in [2.05, 4.69) is 22.2 Å². The second kappa shape index (κ2) is 5.16. The highest BCUT2D eigenvalue weighted by molar-refractivity contribution is 5.60. The van der Waals surface area contributed by atoms with E-state index in [4.69, 9.17) is 5.73 Å². The van der Waals surface area contributed by atoms with Crippen LogP contribution in [0.5, 0.6) is 0 Å². The van der Waals surface area contributed by atoms with Gasteiger partial charge in [0.25, 0.3) is 0 Å². The number of nitrogen functional groups attached to an aromatic ring is 1. The first-order chi connectivity index (χ1) is 7.75. The number of nitrogens with one attached hydrogen (secondary N) is 1. The summed E-state index contributed by atoms with van der Waals surface area (Å²) in [6, 6.07) is 3.74. The highest BCUT2D eigenvalue weighted by atomic mass is 15.1. The molecule has 0 amide bonds. The highest BCUT2D eigenvalue weighted by Gasteiger charge is 2.16. The fraction of sp³-hybridized carbons (Fsp3) is 0.583. The zero-order valence-electron chi connectivity index (χ0n) is 9.82. The molecule has 0 aromatic carbocycles. The molecule has 1 saturated heterocycles. The van der Waals surface area contributed by atoms with Gasteiger partial charge in [0.15, 0.2) is 0 Å². The molecule has 1 aromatic heterocycles. The molecule has 3 N–H and O–H groups in total. The van der Waals surface area contributed by atoms with Crippen LogP contribution in [0.1, 0.15) is 12.8 Å². The molecule has 0 radical (unpaired) electrons. The molecular weight excluding hydrogens is 200 g/mol. The second-order valence-corrected chi connectivity index (χ2v) is 4.57. The Labute approximate surface area is 96.8 Å². The smallest absolute Gasteiger partial charge is 0.149 e. The molecule has 2 rings (SSSR count). The zero-order chi connectivity index (χ0) is 11.4. The van der Waals surface area contributed by atoms with Gasteiger partial charge in [0.05, 0.1) is 5.69 Å². The van der Waals surface area contributed by atoms with Crippen LogP contribution < -0.4 is 11.1 Å². The quantitative estimate of drug-likeness (QED) is 0.809. The first-order valence-corrected chi connectivity index (χ1v) is 5.88. The van der Waals surface area contributed by atoms with Crippen LogP contribution in [0, 0.1) is 5.92 Å². The van der Waals surface area contributed by atoms with Gasteiger partial charge in [0.2, 0.25) is 0 Å². The number of anilines is 2. The number of hydrogen-bond donors (Lipinski definition) is 2. The summed E-state index contributed by atoms with van der Waals surface area (Å²) in [5, 5.41) is 3.34. The molecule has 0 bridgehead atoms. The molecule has 0 saturated carbocycles. The van der Waals surface area contributed by atoms with Gasteiger partial charge >= 0.3 is 0 Å². The zero-order valence-corrected chi connectivity index (χ0v) is 9.82. The van der Waals surface area contributed by atoms with Crippen LogP contribution in [0.15, 0.2) is 18.3 Å². The first-order valence-electron chi connectivity index (χ1n) is 5.88. The molecule has 1 aliphatic heterocycles. The maximum Gasteiger partial charge on any atom is 0.149 e. The molecule has 0 spiro atoms. The van der Waals surface area contributed by atoms with Crippen molar-refractivity contribution in [3.63, 3.8) is 0 Å². The van der Waals surface area contributed by atoms with Gasteiger partial charge in [0.1, 0.15) is 5.82 Å². The van der Waals surface area contributed by atoms with Gasteiger partial charge < -0.3 is 16.0 Å². The fourth-order valence-electron chi connectivity index (χ4n) is 2.07. The minimum absolute atomic E-state index is 0.732. The van der Waals surface area contributed by atoms with E-state index in [1.54, 1.807) is 6.20 Å². The Kier molecular flexibility index (Phi) is 3.62. The van der Waals surface area contributed by atoms with E-state index in [-0.39, 0.29) is 0 Å². The number of likely N-dealkylation sites (tertiary alicyclic amines) is 1. The Morgan fingerprint density at radius 3 is 2.94 bits per heavy atom. The SMILES string of the molecule is CN1CCC(CNc2ncccc2N)CC1. The molecule has 4 heteroatoms. The normalized spacial score (nSPS) is 18.6. The lowest BCUT2D eigenvalue weighted by atomic mass is 9.97. The van der Waals surface area contributed by atoms with E-state index < -0.39 is 0 Å². The Morgan fingerprint density at radius 1 is 1.50 bits per heavy atom. The lowest BCUT2D eigenvalue weighted by Crippen LogP contribution is -2.33. The van der Waals surface area contributed by atoms with Crippen molar-refractivity contribution in [2.45, 2.75) is 12.8 Å². The summed E-state index contributed by atoms with van der Waals surface area (Å²) in [6.45, 7) is 3.38. The van der Waals surface area contributed by atoms with Gasteiger partial charge in [0, 0.05) is 12.7 Å². The third-order valence-electron chi connectivity index (χ3n) is 3.24. The number of rotatable bonds is 3. The van der Waals surface area contributed by atoms with Crippen molar-refractivity contribution in [2.24, 2.45) is 5.92 Å². The van der Waals surface area contributed by atoms with E-state index in [9.17, 15) is 0 Å². The number of nitrogens with zero attached hydrogens (tertiary/aromatic N) is 2. The van der Waals surface area contributed by atoms with E-state index in [1.165, 1.54) is 25.9 Å². The minimum Gasteiger partial charge on any atom is -0.396 e. The molecule has 16 heavy (non-hydrogen) atoms. The maximum absolute atomic E-state index is 5.82. The third-order valence-corrected chi connectivity index (χ3v) is 3.24.